The summed E-state index contributed by atoms with van der Waals surface area (Å²) in [5, 5.41) is 4.82. The van der Waals surface area contributed by atoms with E-state index in [4.69, 9.17) is 33.3 Å². The third kappa shape index (κ3) is 3.85. The Morgan fingerprint density at radius 2 is 1.71 bits per heavy atom. The summed E-state index contributed by atoms with van der Waals surface area (Å²) < 4.78 is 10.9. The second-order valence-corrected chi connectivity index (χ2v) is 7.53. The molecule has 31 heavy (non-hydrogen) atoms. The zero-order valence-corrected chi connectivity index (χ0v) is 18.2. The Kier molecular flexibility index (Phi) is 5.63. The molecule has 0 aromatic heterocycles. The smallest absolute Gasteiger partial charge is 0.270 e. The van der Waals surface area contributed by atoms with Crippen LogP contribution in [0.5, 0.6) is 11.5 Å². The van der Waals surface area contributed by atoms with Gasteiger partial charge in [0.05, 0.1) is 19.9 Å². The number of carbonyl (C=O) groups is 2. The molecule has 6 nitrogen and oxygen atoms in total. The van der Waals surface area contributed by atoms with Crippen molar-refractivity contribution in [3.63, 3.8) is 0 Å². The molecule has 1 saturated heterocycles. The van der Waals surface area contributed by atoms with Gasteiger partial charge in [-0.3, -0.25) is 19.8 Å². The minimum atomic E-state index is -0.581. The average molecular weight is 453 g/mol. The third-order valence-electron chi connectivity index (χ3n) is 4.90. The summed E-state index contributed by atoms with van der Waals surface area (Å²) in [5.41, 5.74) is 0.982. The molecule has 8 heteroatoms. The van der Waals surface area contributed by atoms with E-state index < -0.39 is 11.8 Å². The molecule has 2 amide bonds. The molecular formula is C23H17ClN2O4S. The number of anilines is 1. The first-order valence-corrected chi connectivity index (χ1v) is 10.0. The topological polar surface area (TPSA) is 67.9 Å². The van der Waals surface area contributed by atoms with Gasteiger partial charge in [0, 0.05) is 16.0 Å². The molecule has 0 unspecified atom stereocenters. The van der Waals surface area contributed by atoms with Crippen LogP contribution in [-0.4, -0.2) is 31.1 Å². The summed E-state index contributed by atoms with van der Waals surface area (Å²) in [5.74, 6) is 0.0591. The average Bonchev–Trinajstić information content (AvgIpc) is 2.76. The monoisotopic (exact) mass is 452 g/mol. The standard InChI is InChI=1S/C23H17ClN2O4S/c1-29-19-5-3-4-13-12-20(30-2)14(10-17(13)19)11-18-21(27)25-23(31)26(22(18)28)16-8-6-15(24)7-9-16/h3-12H,1-2H3,(H,25,27,31). The minimum absolute atomic E-state index is 0.00150. The first-order valence-electron chi connectivity index (χ1n) is 9.24. The number of thiocarbonyl (C=S) groups is 1. The van der Waals surface area contributed by atoms with Crippen molar-refractivity contribution in [2.24, 2.45) is 0 Å². The molecule has 3 aromatic rings. The third-order valence-corrected chi connectivity index (χ3v) is 5.43. The van der Waals surface area contributed by atoms with Crippen LogP contribution in [0.15, 0.2) is 60.2 Å². The second-order valence-electron chi connectivity index (χ2n) is 6.71. The van der Waals surface area contributed by atoms with E-state index >= 15 is 0 Å². The van der Waals surface area contributed by atoms with Crippen molar-refractivity contribution in [3.05, 3.63) is 70.8 Å². The van der Waals surface area contributed by atoms with Crippen molar-refractivity contribution in [2.75, 3.05) is 19.1 Å². The molecule has 0 bridgehead atoms. The number of methoxy groups -OCH3 is 2. The lowest BCUT2D eigenvalue weighted by Crippen LogP contribution is -2.54. The Labute approximate surface area is 189 Å². The summed E-state index contributed by atoms with van der Waals surface area (Å²) in [7, 11) is 3.11. The Morgan fingerprint density at radius 3 is 2.39 bits per heavy atom. The Bertz CT molecular complexity index is 1250. The summed E-state index contributed by atoms with van der Waals surface area (Å²) in [6.07, 6.45) is 1.49. The highest BCUT2D eigenvalue weighted by atomic mass is 35.5. The first kappa shape index (κ1) is 20.8. The lowest BCUT2D eigenvalue weighted by Gasteiger charge is -2.29. The van der Waals surface area contributed by atoms with Crippen LogP contribution in [0.2, 0.25) is 5.02 Å². The van der Waals surface area contributed by atoms with E-state index in [2.05, 4.69) is 5.32 Å². The molecule has 156 valence electrons. The maximum Gasteiger partial charge on any atom is 0.270 e. The summed E-state index contributed by atoms with van der Waals surface area (Å²) >= 11 is 11.2. The van der Waals surface area contributed by atoms with Crippen molar-refractivity contribution >= 4 is 63.3 Å². The summed E-state index contributed by atoms with van der Waals surface area (Å²) in [6, 6.07) is 15.9. The minimum Gasteiger partial charge on any atom is -0.496 e. The maximum absolute atomic E-state index is 13.2. The second kappa shape index (κ2) is 8.37. The zero-order chi connectivity index (χ0) is 22.1. The largest absolute Gasteiger partial charge is 0.496 e. The lowest BCUT2D eigenvalue weighted by molar-refractivity contribution is -0.122. The maximum atomic E-state index is 13.2. The molecule has 1 heterocycles. The van der Waals surface area contributed by atoms with Crippen molar-refractivity contribution < 1.29 is 19.1 Å². The number of halogens is 1. The Morgan fingerprint density at radius 1 is 1.00 bits per heavy atom. The normalized spacial score (nSPS) is 15.4. The van der Waals surface area contributed by atoms with Crippen molar-refractivity contribution in [1.29, 1.82) is 0 Å². The van der Waals surface area contributed by atoms with Gasteiger partial charge in [0.2, 0.25) is 0 Å². The van der Waals surface area contributed by atoms with Gasteiger partial charge in [0.25, 0.3) is 11.8 Å². The fourth-order valence-electron chi connectivity index (χ4n) is 3.40. The number of nitrogens with zero attached hydrogens (tertiary/aromatic N) is 1. The number of hydrogen-bond acceptors (Lipinski definition) is 5. The van der Waals surface area contributed by atoms with E-state index in [0.29, 0.717) is 27.8 Å². The Balaban J connectivity index is 1.83. The molecule has 3 aromatic carbocycles. The van der Waals surface area contributed by atoms with Gasteiger partial charge in [-0.05, 0) is 66.1 Å². The van der Waals surface area contributed by atoms with Gasteiger partial charge in [-0.25, -0.2) is 0 Å². The summed E-state index contributed by atoms with van der Waals surface area (Å²) in [6.45, 7) is 0. The van der Waals surface area contributed by atoms with Gasteiger partial charge < -0.3 is 9.47 Å². The van der Waals surface area contributed by atoms with E-state index in [1.807, 2.05) is 30.3 Å². The van der Waals surface area contributed by atoms with Crippen LogP contribution in [0.4, 0.5) is 5.69 Å². The Hall–Kier alpha value is -3.42. The molecule has 0 spiro atoms. The SMILES string of the molecule is COc1cc2cccc(OC)c2cc1C=C1C(=O)NC(=S)N(c2ccc(Cl)cc2)C1=O. The van der Waals surface area contributed by atoms with Crippen LogP contribution in [-0.2, 0) is 9.59 Å². The van der Waals surface area contributed by atoms with Gasteiger partial charge in [0.1, 0.15) is 17.1 Å². The molecule has 1 N–H and O–H groups in total. The van der Waals surface area contributed by atoms with Crippen LogP contribution in [0.3, 0.4) is 0 Å². The lowest BCUT2D eigenvalue weighted by atomic mass is 10.0. The van der Waals surface area contributed by atoms with Crippen LogP contribution in [0, 0.1) is 0 Å². The van der Waals surface area contributed by atoms with Crippen LogP contribution in [0.1, 0.15) is 5.56 Å². The van der Waals surface area contributed by atoms with E-state index in [1.165, 1.54) is 18.1 Å². The van der Waals surface area contributed by atoms with E-state index in [0.717, 1.165) is 10.8 Å². The zero-order valence-electron chi connectivity index (χ0n) is 16.6. The van der Waals surface area contributed by atoms with E-state index in [1.54, 1.807) is 31.4 Å². The number of amides is 2. The fraction of sp³-hybridized carbons (Fsp3) is 0.0870. The fourth-order valence-corrected chi connectivity index (χ4v) is 3.80. The van der Waals surface area contributed by atoms with Crippen LogP contribution in [0.25, 0.3) is 16.8 Å². The number of nitrogens with one attached hydrogen (secondary N) is 1. The number of ether oxygens (including phenoxy) is 2. The molecule has 1 aliphatic heterocycles. The molecule has 0 aliphatic carbocycles. The number of fused-ring (bicyclic) bond motifs is 1. The first-order chi connectivity index (χ1) is 14.9. The predicted molar refractivity (Wildman–Crippen MR) is 125 cm³/mol. The molecule has 0 radical (unpaired) electrons. The summed E-state index contributed by atoms with van der Waals surface area (Å²) in [4.78, 5) is 27.1. The predicted octanol–water partition coefficient (Wildman–Crippen LogP) is 4.34. The van der Waals surface area contributed by atoms with Crippen LogP contribution < -0.4 is 19.7 Å². The number of carbonyl (C=O) groups excluding carboxylic acids is 2. The van der Waals surface area contributed by atoms with Crippen molar-refractivity contribution in [2.45, 2.75) is 0 Å². The van der Waals surface area contributed by atoms with Gasteiger partial charge in [-0.1, -0.05) is 23.7 Å². The quantitative estimate of drug-likeness (QED) is 0.362. The highest BCUT2D eigenvalue weighted by Crippen LogP contribution is 2.33. The van der Waals surface area contributed by atoms with Crippen LogP contribution >= 0.6 is 23.8 Å². The van der Waals surface area contributed by atoms with E-state index in [9.17, 15) is 9.59 Å². The highest BCUT2D eigenvalue weighted by molar-refractivity contribution is 7.80. The van der Waals surface area contributed by atoms with Gasteiger partial charge in [-0.15, -0.1) is 0 Å². The number of hydrogen-bond donors (Lipinski definition) is 1. The molecule has 1 aliphatic rings. The molecule has 4 rings (SSSR count). The van der Waals surface area contributed by atoms with Gasteiger partial charge in [0.15, 0.2) is 5.11 Å². The van der Waals surface area contributed by atoms with Crippen molar-refractivity contribution in [3.8, 4) is 11.5 Å². The van der Waals surface area contributed by atoms with Gasteiger partial charge >= 0.3 is 0 Å². The van der Waals surface area contributed by atoms with E-state index in [-0.39, 0.29) is 10.7 Å². The highest BCUT2D eigenvalue weighted by Gasteiger charge is 2.34. The van der Waals surface area contributed by atoms with Gasteiger partial charge in [-0.2, -0.15) is 0 Å². The molecule has 0 atom stereocenters. The number of benzene rings is 3. The molecule has 0 saturated carbocycles. The molecular weight excluding hydrogens is 436 g/mol. The number of rotatable bonds is 4. The molecule has 1 fully saturated rings. The van der Waals surface area contributed by atoms with Crippen molar-refractivity contribution in [1.82, 2.24) is 5.32 Å².